The molecule has 1 atom stereocenters. The lowest BCUT2D eigenvalue weighted by Gasteiger charge is -2.55. The van der Waals surface area contributed by atoms with Gasteiger partial charge in [-0.15, -0.1) is 0 Å². The number of hydrogen-bond acceptors (Lipinski definition) is 5. The molecule has 7 nitrogen and oxygen atoms in total. The third-order valence-corrected chi connectivity index (χ3v) is 6.70. The molecule has 0 saturated heterocycles. The van der Waals surface area contributed by atoms with Crippen LogP contribution >= 0.6 is 0 Å². The maximum absolute atomic E-state index is 13.2. The van der Waals surface area contributed by atoms with Crippen molar-refractivity contribution >= 4 is 17.8 Å². The van der Waals surface area contributed by atoms with Crippen molar-refractivity contribution in [2.75, 3.05) is 26.9 Å². The number of nitrogens with one attached hydrogen (secondary N) is 2. The molecule has 0 aromatic rings. The number of carbonyl (C=O) groups excluding carboxylic acids is 3. The van der Waals surface area contributed by atoms with Gasteiger partial charge in [0.05, 0.1) is 6.61 Å². The first-order valence-electron chi connectivity index (χ1n) is 10.6. The zero-order valence-corrected chi connectivity index (χ0v) is 17.3. The van der Waals surface area contributed by atoms with Gasteiger partial charge in [-0.2, -0.15) is 0 Å². The summed E-state index contributed by atoms with van der Waals surface area (Å²) >= 11 is 0. The molecule has 4 saturated carbocycles. The first-order chi connectivity index (χ1) is 13.3. The van der Waals surface area contributed by atoms with Gasteiger partial charge in [0.15, 0.2) is 6.61 Å². The molecule has 158 valence electrons. The molecular formula is C21H34N2O5. The topological polar surface area (TPSA) is 93.7 Å². The van der Waals surface area contributed by atoms with Crippen molar-refractivity contribution in [1.29, 1.82) is 0 Å². The Labute approximate surface area is 167 Å². The van der Waals surface area contributed by atoms with Gasteiger partial charge in [0.2, 0.25) is 5.91 Å². The molecule has 4 aliphatic carbocycles. The average molecular weight is 395 g/mol. The Kier molecular flexibility index (Phi) is 6.63. The highest BCUT2D eigenvalue weighted by Gasteiger charge is 2.55. The summed E-state index contributed by atoms with van der Waals surface area (Å²) in [5, 5.41) is 5.59. The van der Waals surface area contributed by atoms with Gasteiger partial charge in [-0.3, -0.25) is 9.59 Å². The van der Waals surface area contributed by atoms with Crippen LogP contribution in [-0.2, 0) is 23.9 Å². The summed E-state index contributed by atoms with van der Waals surface area (Å²) < 4.78 is 10.0. The normalized spacial score (nSPS) is 31.5. The van der Waals surface area contributed by atoms with Crippen LogP contribution in [0.25, 0.3) is 0 Å². The Hall–Kier alpha value is -1.63. The Balaban J connectivity index is 1.55. The van der Waals surface area contributed by atoms with Crippen LogP contribution in [0.15, 0.2) is 0 Å². The van der Waals surface area contributed by atoms with Crippen LogP contribution in [0, 0.1) is 29.1 Å². The molecule has 0 spiro atoms. The fourth-order valence-corrected chi connectivity index (χ4v) is 5.75. The number of amides is 2. The van der Waals surface area contributed by atoms with Crippen molar-refractivity contribution in [2.24, 2.45) is 29.1 Å². The van der Waals surface area contributed by atoms with E-state index in [1.54, 1.807) is 7.11 Å². The maximum atomic E-state index is 13.2. The summed E-state index contributed by atoms with van der Waals surface area (Å²) in [4.78, 5) is 37.5. The fourth-order valence-electron chi connectivity index (χ4n) is 5.75. The third kappa shape index (κ3) is 4.67. The molecule has 0 aliphatic heterocycles. The standard InChI is InChI=1S/C21H34N2O5/c1-13(2)18(19(25)28-12-17(24)22-4-5-27-3)23-20(26)21-9-14-6-15(10-21)8-16(7-14)11-21/h13-16,18H,4-12H2,1-3H3,(H,22,24)(H,23,26)/t14?,15?,16?,18-,21?/m1/s1. The monoisotopic (exact) mass is 394 g/mol. The lowest BCUT2D eigenvalue weighted by Crippen LogP contribution is -2.57. The second-order valence-electron chi connectivity index (χ2n) is 9.34. The van der Waals surface area contributed by atoms with Crippen LogP contribution in [-0.4, -0.2) is 50.7 Å². The molecule has 28 heavy (non-hydrogen) atoms. The fraction of sp³-hybridized carbons (Fsp3) is 0.857. The minimum Gasteiger partial charge on any atom is -0.454 e. The summed E-state index contributed by atoms with van der Waals surface area (Å²) in [5.74, 6) is 0.968. The van der Waals surface area contributed by atoms with E-state index in [1.165, 1.54) is 19.3 Å². The van der Waals surface area contributed by atoms with Gasteiger partial charge in [-0.05, 0) is 62.2 Å². The second-order valence-corrected chi connectivity index (χ2v) is 9.34. The molecule has 0 aromatic carbocycles. The van der Waals surface area contributed by atoms with E-state index in [-0.39, 0.29) is 29.8 Å². The van der Waals surface area contributed by atoms with Gasteiger partial charge < -0.3 is 20.1 Å². The van der Waals surface area contributed by atoms with Gasteiger partial charge in [-0.1, -0.05) is 13.8 Å². The zero-order chi connectivity index (χ0) is 20.3. The average Bonchev–Trinajstić information content (AvgIpc) is 2.62. The summed E-state index contributed by atoms with van der Waals surface area (Å²) in [6, 6.07) is -0.729. The van der Waals surface area contributed by atoms with E-state index in [2.05, 4.69) is 10.6 Å². The van der Waals surface area contributed by atoms with Gasteiger partial charge in [0, 0.05) is 19.1 Å². The SMILES string of the molecule is COCCNC(=O)COC(=O)[C@H](NC(=O)C12CC3CC(CC(C3)C1)C2)C(C)C. The summed E-state index contributed by atoms with van der Waals surface area (Å²) in [5.41, 5.74) is -0.306. The van der Waals surface area contributed by atoms with E-state index >= 15 is 0 Å². The molecule has 4 rings (SSSR count). The van der Waals surface area contributed by atoms with Crippen LogP contribution in [0.4, 0.5) is 0 Å². The summed E-state index contributed by atoms with van der Waals surface area (Å²) in [7, 11) is 1.55. The third-order valence-electron chi connectivity index (χ3n) is 6.70. The first kappa shape index (κ1) is 21.1. The predicted molar refractivity (Wildman–Crippen MR) is 103 cm³/mol. The Morgan fingerprint density at radius 2 is 1.61 bits per heavy atom. The van der Waals surface area contributed by atoms with E-state index < -0.39 is 12.0 Å². The zero-order valence-electron chi connectivity index (χ0n) is 17.3. The van der Waals surface area contributed by atoms with Gasteiger partial charge in [-0.25, -0.2) is 4.79 Å². The number of hydrogen-bond donors (Lipinski definition) is 2. The first-order valence-corrected chi connectivity index (χ1v) is 10.6. The van der Waals surface area contributed by atoms with Crippen molar-refractivity contribution in [3.63, 3.8) is 0 Å². The van der Waals surface area contributed by atoms with E-state index in [9.17, 15) is 14.4 Å². The number of carbonyl (C=O) groups is 3. The van der Waals surface area contributed by atoms with Crippen LogP contribution < -0.4 is 10.6 Å². The van der Waals surface area contributed by atoms with Crippen molar-refractivity contribution in [3.8, 4) is 0 Å². The van der Waals surface area contributed by atoms with Gasteiger partial charge >= 0.3 is 5.97 Å². The Morgan fingerprint density at radius 3 is 2.11 bits per heavy atom. The second kappa shape index (κ2) is 8.80. The Morgan fingerprint density at radius 1 is 1.04 bits per heavy atom. The van der Waals surface area contributed by atoms with Crippen molar-refractivity contribution in [2.45, 2.75) is 58.4 Å². The van der Waals surface area contributed by atoms with E-state index in [0.717, 1.165) is 19.3 Å². The minimum absolute atomic E-state index is 0.00629. The van der Waals surface area contributed by atoms with Crippen LogP contribution in [0.2, 0.25) is 0 Å². The van der Waals surface area contributed by atoms with Crippen molar-refractivity contribution in [3.05, 3.63) is 0 Å². The molecule has 2 N–H and O–H groups in total. The molecular weight excluding hydrogens is 360 g/mol. The maximum Gasteiger partial charge on any atom is 0.329 e. The lowest BCUT2D eigenvalue weighted by molar-refractivity contribution is -0.157. The highest BCUT2D eigenvalue weighted by molar-refractivity contribution is 5.89. The minimum atomic E-state index is -0.729. The molecule has 7 heteroatoms. The quantitative estimate of drug-likeness (QED) is 0.458. The number of esters is 1. The molecule has 4 bridgehead atoms. The molecule has 0 heterocycles. The lowest BCUT2D eigenvalue weighted by atomic mass is 9.49. The van der Waals surface area contributed by atoms with E-state index in [0.29, 0.717) is 30.9 Å². The van der Waals surface area contributed by atoms with Crippen LogP contribution in [0.3, 0.4) is 0 Å². The number of rotatable bonds is 9. The summed E-state index contributed by atoms with van der Waals surface area (Å²) in [6.07, 6.45) is 6.65. The Bertz CT molecular complexity index is 568. The largest absolute Gasteiger partial charge is 0.454 e. The molecule has 0 radical (unpaired) electrons. The molecule has 0 aromatic heterocycles. The molecule has 4 aliphatic rings. The predicted octanol–water partition coefficient (Wildman–Crippen LogP) is 1.65. The number of ether oxygens (including phenoxy) is 2. The van der Waals surface area contributed by atoms with Crippen molar-refractivity contribution in [1.82, 2.24) is 10.6 Å². The van der Waals surface area contributed by atoms with Crippen molar-refractivity contribution < 1.29 is 23.9 Å². The van der Waals surface area contributed by atoms with E-state index in [4.69, 9.17) is 9.47 Å². The highest BCUT2D eigenvalue weighted by Crippen LogP contribution is 2.60. The highest BCUT2D eigenvalue weighted by atomic mass is 16.5. The van der Waals surface area contributed by atoms with Crippen LogP contribution in [0.1, 0.15) is 52.4 Å². The number of methoxy groups -OCH3 is 1. The van der Waals surface area contributed by atoms with Crippen LogP contribution in [0.5, 0.6) is 0 Å². The van der Waals surface area contributed by atoms with E-state index in [1.807, 2.05) is 13.8 Å². The summed E-state index contributed by atoms with van der Waals surface area (Å²) in [6.45, 7) is 4.17. The van der Waals surface area contributed by atoms with Gasteiger partial charge in [0.25, 0.3) is 5.91 Å². The molecule has 2 amide bonds. The van der Waals surface area contributed by atoms with Gasteiger partial charge in [0.1, 0.15) is 6.04 Å². The smallest absolute Gasteiger partial charge is 0.329 e. The molecule has 0 unspecified atom stereocenters. The molecule has 4 fully saturated rings.